The monoisotopic (exact) mass is 128 g/mol. The maximum Gasteiger partial charge on any atom is 0.130 e. The van der Waals surface area contributed by atoms with Crippen LogP contribution < -0.4 is 0 Å². The molecule has 0 unspecified atom stereocenters. The first-order valence-electron chi connectivity index (χ1n) is 1.75. The van der Waals surface area contributed by atoms with Crippen molar-refractivity contribution in [2.24, 2.45) is 0 Å². The molecule has 1 aromatic rings. The minimum Gasteiger partial charge on any atom is -0.266 e. The predicted molar refractivity (Wildman–Crippen MR) is 31.0 cm³/mol. The average molecular weight is 128 g/mol. The lowest BCUT2D eigenvalue weighted by molar-refractivity contribution is 0.940. The molecule has 0 aliphatic rings. The third-order valence-electron chi connectivity index (χ3n) is 0.331. The molecule has 1 aromatic heterocycles. The van der Waals surface area contributed by atoms with Gasteiger partial charge in [-0.1, -0.05) is 17.8 Å². The summed E-state index contributed by atoms with van der Waals surface area (Å²) in [5.74, 6) is 0. The number of nitrogens with one attached hydrogen (secondary N) is 1. The highest BCUT2D eigenvalue weighted by atomic mass is 32.1. The number of nitriles is 1. The van der Waals surface area contributed by atoms with Gasteiger partial charge in [0.25, 0.3) is 0 Å². The van der Waals surface area contributed by atoms with E-state index in [0.29, 0.717) is 0 Å². The maximum atomic E-state index is 7.18. The number of H-pyrrole nitrogens is 1. The van der Waals surface area contributed by atoms with E-state index in [4.69, 9.17) is 5.26 Å². The molecule has 0 bridgehead atoms. The number of hydrogen-bond donors (Lipinski definition) is 2. The fraction of sp³-hybridized carbons (Fsp3) is 0. The fourth-order valence-corrected chi connectivity index (χ4v) is 0.167. The summed E-state index contributed by atoms with van der Waals surface area (Å²) in [5.41, 5.74) is 0. The molecular formula is C3H4N4S. The van der Waals surface area contributed by atoms with Crippen molar-refractivity contribution in [1.29, 1.82) is 5.26 Å². The third-order valence-corrected chi connectivity index (χ3v) is 0.331. The highest BCUT2D eigenvalue weighted by Gasteiger charge is 1.57. The van der Waals surface area contributed by atoms with Gasteiger partial charge in [-0.25, -0.2) is 0 Å². The van der Waals surface area contributed by atoms with Crippen molar-refractivity contribution < 1.29 is 0 Å². The molecular weight excluding hydrogens is 124 g/mol. The fourth-order valence-electron chi connectivity index (χ4n) is 0.167. The normalized spacial score (nSPS) is 6.00. The van der Waals surface area contributed by atoms with E-state index in [1.54, 1.807) is 12.4 Å². The Morgan fingerprint density at radius 1 is 1.75 bits per heavy atom. The van der Waals surface area contributed by atoms with Crippen LogP contribution in [0.5, 0.6) is 0 Å². The van der Waals surface area contributed by atoms with E-state index in [-0.39, 0.29) is 0 Å². The summed E-state index contributed by atoms with van der Waals surface area (Å²) in [4.78, 5) is 0. The van der Waals surface area contributed by atoms with Crippen LogP contribution in [0.3, 0.4) is 0 Å². The summed E-state index contributed by atoms with van der Waals surface area (Å²) in [7, 11) is 0. The van der Waals surface area contributed by atoms with Gasteiger partial charge >= 0.3 is 0 Å². The second-order valence-electron chi connectivity index (χ2n) is 0.760. The number of aromatic nitrogens is 3. The van der Waals surface area contributed by atoms with Crippen LogP contribution in [-0.2, 0) is 0 Å². The van der Waals surface area contributed by atoms with Crippen LogP contribution in [0.4, 0.5) is 0 Å². The van der Waals surface area contributed by atoms with Gasteiger partial charge in [0, 0.05) is 6.20 Å². The molecule has 42 valence electrons. The molecule has 0 saturated heterocycles. The lowest BCUT2D eigenvalue weighted by Crippen LogP contribution is -1.61. The molecule has 1 rings (SSSR count). The number of aromatic amines is 1. The van der Waals surface area contributed by atoms with Crippen molar-refractivity contribution in [1.82, 2.24) is 15.4 Å². The van der Waals surface area contributed by atoms with Gasteiger partial charge in [-0.05, 0) is 0 Å². The van der Waals surface area contributed by atoms with Crippen LogP contribution in [-0.4, -0.2) is 15.4 Å². The zero-order valence-corrected chi connectivity index (χ0v) is 4.84. The summed E-state index contributed by atoms with van der Waals surface area (Å²) in [6, 6.07) is 0. The number of thiol groups is 1. The molecule has 1 N–H and O–H groups in total. The van der Waals surface area contributed by atoms with Crippen molar-refractivity contribution in [2.45, 2.75) is 0 Å². The van der Waals surface area contributed by atoms with Crippen LogP contribution in [0.25, 0.3) is 0 Å². The molecule has 0 aliphatic carbocycles. The summed E-state index contributed by atoms with van der Waals surface area (Å²) in [5, 5.41) is 17.9. The molecule has 0 atom stereocenters. The first kappa shape index (κ1) is 6.98. The van der Waals surface area contributed by atoms with Crippen LogP contribution in [0.1, 0.15) is 0 Å². The zero-order valence-electron chi connectivity index (χ0n) is 3.94. The minimum atomic E-state index is 1.44. The number of hydrogen-bond acceptors (Lipinski definition) is 4. The van der Waals surface area contributed by atoms with Crippen molar-refractivity contribution in [3.8, 4) is 5.40 Å². The Morgan fingerprint density at radius 2 is 2.38 bits per heavy atom. The van der Waals surface area contributed by atoms with Gasteiger partial charge < -0.3 is 0 Å². The van der Waals surface area contributed by atoms with Crippen LogP contribution in [0.2, 0.25) is 0 Å². The van der Waals surface area contributed by atoms with Crippen molar-refractivity contribution in [2.75, 3.05) is 0 Å². The van der Waals surface area contributed by atoms with Crippen molar-refractivity contribution in [3.05, 3.63) is 12.4 Å². The summed E-state index contributed by atoms with van der Waals surface area (Å²) >= 11 is 3.09. The van der Waals surface area contributed by atoms with Crippen LogP contribution in [0, 0.1) is 10.7 Å². The van der Waals surface area contributed by atoms with Gasteiger partial charge in [0.15, 0.2) is 0 Å². The van der Waals surface area contributed by atoms with E-state index in [2.05, 4.69) is 28.0 Å². The number of nitrogens with zero attached hydrogens (tertiary/aromatic N) is 3. The van der Waals surface area contributed by atoms with Gasteiger partial charge in [-0.3, -0.25) is 5.10 Å². The lowest BCUT2D eigenvalue weighted by Gasteiger charge is -1.46. The Morgan fingerprint density at radius 3 is 2.50 bits per heavy atom. The molecule has 4 nitrogen and oxygen atoms in total. The third kappa shape index (κ3) is 4.98. The summed E-state index contributed by atoms with van der Waals surface area (Å²) in [6.45, 7) is 0. The lowest BCUT2D eigenvalue weighted by atomic mass is 11.0. The standard InChI is InChI=1S/C2H3N3.CHNS/c1-2-4-5-3-1;2-1-3/h1-2H,(H,3,4,5);3H. The second-order valence-corrected chi connectivity index (χ2v) is 0.960. The molecule has 0 radical (unpaired) electrons. The van der Waals surface area contributed by atoms with Gasteiger partial charge in [0.2, 0.25) is 0 Å². The predicted octanol–water partition coefficient (Wildman–Crippen LogP) is 0.202. The molecule has 0 aliphatic heterocycles. The molecule has 1 heterocycles. The summed E-state index contributed by atoms with van der Waals surface area (Å²) in [6.07, 6.45) is 3.24. The van der Waals surface area contributed by atoms with Gasteiger partial charge in [-0.2, -0.15) is 5.26 Å². The Kier molecular flexibility index (Phi) is 5.22. The van der Waals surface area contributed by atoms with Gasteiger partial charge in [0.05, 0.1) is 6.20 Å². The van der Waals surface area contributed by atoms with E-state index >= 15 is 0 Å². The molecule has 8 heavy (non-hydrogen) atoms. The van der Waals surface area contributed by atoms with Crippen LogP contribution >= 0.6 is 12.6 Å². The van der Waals surface area contributed by atoms with E-state index in [0.717, 1.165) is 0 Å². The number of rotatable bonds is 0. The quantitative estimate of drug-likeness (QED) is 0.387. The Labute approximate surface area is 51.9 Å². The topological polar surface area (TPSA) is 65.4 Å². The van der Waals surface area contributed by atoms with E-state index < -0.39 is 0 Å². The summed E-state index contributed by atoms with van der Waals surface area (Å²) < 4.78 is 0. The highest BCUT2D eigenvalue weighted by molar-refractivity contribution is 7.85. The largest absolute Gasteiger partial charge is 0.266 e. The molecule has 0 aromatic carbocycles. The zero-order chi connectivity index (χ0) is 6.24. The van der Waals surface area contributed by atoms with Crippen molar-refractivity contribution in [3.63, 3.8) is 0 Å². The smallest absolute Gasteiger partial charge is 0.130 e. The van der Waals surface area contributed by atoms with Gasteiger partial charge in [0.1, 0.15) is 5.40 Å². The molecule has 0 amide bonds. The second kappa shape index (κ2) is 5.98. The van der Waals surface area contributed by atoms with E-state index in [1.165, 1.54) is 5.40 Å². The van der Waals surface area contributed by atoms with E-state index in [1.807, 2.05) is 0 Å². The molecule has 5 heteroatoms. The highest BCUT2D eigenvalue weighted by Crippen LogP contribution is 1.55. The van der Waals surface area contributed by atoms with Gasteiger partial charge in [-0.15, -0.1) is 5.10 Å². The molecule has 0 saturated carbocycles. The van der Waals surface area contributed by atoms with Crippen LogP contribution in [0.15, 0.2) is 12.4 Å². The first-order valence-corrected chi connectivity index (χ1v) is 2.20. The first-order chi connectivity index (χ1) is 3.91. The number of thiocyanates is 1. The Balaban J connectivity index is 0.000000145. The Bertz CT molecular complexity index is 124. The minimum absolute atomic E-state index is 1.44. The van der Waals surface area contributed by atoms with E-state index in [9.17, 15) is 0 Å². The average Bonchev–Trinajstić information content (AvgIpc) is 2.17. The maximum absolute atomic E-state index is 7.18. The molecule has 0 fully saturated rings. The Hall–Kier alpha value is -1.02. The molecule has 0 spiro atoms. The van der Waals surface area contributed by atoms with Crippen molar-refractivity contribution >= 4 is 12.6 Å². The SMILES string of the molecule is N#CS.c1c[nH]nn1.